The van der Waals surface area contributed by atoms with Gasteiger partial charge in [-0.05, 0) is 25.0 Å². The molecule has 1 heterocycles. The van der Waals surface area contributed by atoms with E-state index >= 15 is 0 Å². The van der Waals surface area contributed by atoms with Crippen LogP contribution in [-0.4, -0.2) is 11.0 Å². The summed E-state index contributed by atoms with van der Waals surface area (Å²) in [5.74, 6) is 0.413. The molecule has 2 rings (SSSR count). The Hall–Kier alpha value is -0.700. The fraction of sp³-hybridized carbons (Fsp3) is 0.500. The average Bonchev–Trinajstić information content (AvgIpc) is 2.62. The molecular formula is C10H12O2S. The lowest BCUT2D eigenvalue weighted by atomic mass is 9.99. The average molecular weight is 196 g/mol. The number of carbonyl (C=O) groups excluding carboxylic acids is 1. The van der Waals surface area contributed by atoms with Crippen LogP contribution in [-0.2, 0) is 4.79 Å². The summed E-state index contributed by atoms with van der Waals surface area (Å²) in [5.41, 5.74) is 0. The molecule has 0 spiro atoms. The first-order valence-electron chi connectivity index (χ1n) is 4.56. The van der Waals surface area contributed by atoms with Crippen molar-refractivity contribution in [2.75, 3.05) is 0 Å². The summed E-state index contributed by atoms with van der Waals surface area (Å²) >= 11 is 1.75. The van der Waals surface area contributed by atoms with E-state index in [-0.39, 0.29) is 0 Å². The Balaban J connectivity index is 1.86. The summed E-state index contributed by atoms with van der Waals surface area (Å²) in [4.78, 5) is 11.0. The quantitative estimate of drug-likeness (QED) is 0.728. The molecule has 1 saturated carbocycles. The zero-order valence-corrected chi connectivity index (χ0v) is 8.18. The van der Waals surface area contributed by atoms with Gasteiger partial charge in [0.05, 0.1) is 6.26 Å². The van der Waals surface area contributed by atoms with E-state index in [1.54, 1.807) is 18.0 Å². The molecule has 0 aliphatic heterocycles. The number of Topliss-reactive ketones (excluding diaryl/α,β-unsaturated/α-hetero) is 1. The maximum Gasteiger partial charge on any atom is 0.160 e. The van der Waals surface area contributed by atoms with Gasteiger partial charge in [-0.2, -0.15) is 0 Å². The highest BCUT2D eigenvalue weighted by Crippen LogP contribution is 2.32. The summed E-state index contributed by atoms with van der Waals surface area (Å²) in [7, 11) is 0. The lowest BCUT2D eigenvalue weighted by molar-refractivity contribution is -0.120. The SMILES string of the molecule is O=C1CCC(Sc2ccco2)CC1. The van der Waals surface area contributed by atoms with E-state index in [0.29, 0.717) is 11.0 Å². The highest BCUT2D eigenvalue weighted by molar-refractivity contribution is 7.99. The number of furan rings is 1. The second-order valence-corrected chi connectivity index (χ2v) is 4.59. The van der Waals surface area contributed by atoms with Crippen LogP contribution < -0.4 is 0 Å². The lowest BCUT2D eigenvalue weighted by Crippen LogP contribution is -2.15. The molecule has 0 aromatic carbocycles. The smallest absolute Gasteiger partial charge is 0.160 e. The van der Waals surface area contributed by atoms with Gasteiger partial charge in [-0.1, -0.05) is 11.8 Å². The number of rotatable bonds is 2. The number of hydrogen-bond donors (Lipinski definition) is 0. The first-order valence-corrected chi connectivity index (χ1v) is 5.44. The van der Waals surface area contributed by atoms with E-state index in [9.17, 15) is 4.79 Å². The van der Waals surface area contributed by atoms with E-state index < -0.39 is 0 Å². The van der Waals surface area contributed by atoms with E-state index in [1.807, 2.05) is 12.1 Å². The summed E-state index contributed by atoms with van der Waals surface area (Å²) in [6.07, 6.45) is 5.20. The highest BCUT2D eigenvalue weighted by atomic mass is 32.2. The molecule has 1 aromatic heterocycles. The van der Waals surface area contributed by atoms with Gasteiger partial charge in [0.25, 0.3) is 0 Å². The van der Waals surface area contributed by atoms with Crippen LogP contribution in [0.25, 0.3) is 0 Å². The van der Waals surface area contributed by atoms with Crippen LogP contribution in [0.4, 0.5) is 0 Å². The molecule has 70 valence electrons. The van der Waals surface area contributed by atoms with E-state index in [1.165, 1.54) is 0 Å². The van der Waals surface area contributed by atoms with Gasteiger partial charge in [0.1, 0.15) is 5.78 Å². The van der Waals surface area contributed by atoms with Crippen molar-refractivity contribution in [3.63, 3.8) is 0 Å². The number of ketones is 1. The summed E-state index contributed by atoms with van der Waals surface area (Å²) < 4.78 is 5.24. The van der Waals surface area contributed by atoms with Gasteiger partial charge in [-0.3, -0.25) is 4.79 Å². The first kappa shape index (κ1) is 8.88. The van der Waals surface area contributed by atoms with Crippen molar-refractivity contribution >= 4 is 17.5 Å². The molecule has 0 N–H and O–H groups in total. The molecule has 1 fully saturated rings. The summed E-state index contributed by atoms with van der Waals surface area (Å²) in [6.45, 7) is 0. The third-order valence-electron chi connectivity index (χ3n) is 2.27. The predicted molar refractivity (Wildman–Crippen MR) is 51.8 cm³/mol. The van der Waals surface area contributed by atoms with Crippen LogP contribution in [0.15, 0.2) is 27.9 Å². The molecule has 13 heavy (non-hydrogen) atoms. The Labute approximate surface area is 81.7 Å². The topological polar surface area (TPSA) is 30.2 Å². The zero-order valence-electron chi connectivity index (χ0n) is 7.36. The lowest BCUT2D eigenvalue weighted by Gasteiger charge is -2.18. The Kier molecular flexibility index (Phi) is 2.74. The molecule has 0 radical (unpaired) electrons. The number of hydrogen-bond acceptors (Lipinski definition) is 3. The minimum Gasteiger partial charge on any atom is -0.458 e. The second-order valence-electron chi connectivity index (χ2n) is 3.29. The minimum atomic E-state index is 0.413. The van der Waals surface area contributed by atoms with E-state index in [4.69, 9.17) is 4.42 Å². The Morgan fingerprint density at radius 1 is 1.38 bits per heavy atom. The molecule has 0 saturated heterocycles. The van der Waals surface area contributed by atoms with Gasteiger partial charge < -0.3 is 4.42 Å². The third kappa shape index (κ3) is 2.37. The molecule has 0 amide bonds. The minimum absolute atomic E-state index is 0.413. The molecule has 3 heteroatoms. The monoisotopic (exact) mass is 196 g/mol. The summed E-state index contributed by atoms with van der Waals surface area (Å²) in [6, 6.07) is 3.87. The van der Waals surface area contributed by atoms with Crippen molar-refractivity contribution < 1.29 is 9.21 Å². The highest BCUT2D eigenvalue weighted by Gasteiger charge is 2.20. The third-order valence-corrected chi connectivity index (χ3v) is 3.54. The fourth-order valence-electron chi connectivity index (χ4n) is 1.53. The molecule has 1 aromatic rings. The first-order chi connectivity index (χ1) is 6.34. The van der Waals surface area contributed by atoms with Gasteiger partial charge in [0.15, 0.2) is 5.09 Å². The Morgan fingerprint density at radius 2 is 2.15 bits per heavy atom. The van der Waals surface area contributed by atoms with Crippen molar-refractivity contribution in [1.82, 2.24) is 0 Å². The maximum absolute atomic E-state index is 11.0. The largest absolute Gasteiger partial charge is 0.458 e. The van der Waals surface area contributed by atoms with Crippen molar-refractivity contribution in [2.24, 2.45) is 0 Å². The van der Waals surface area contributed by atoms with Crippen LogP contribution >= 0.6 is 11.8 Å². The molecule has 0 bridgehead atoms. The number of carbonyl (C=O) groups is 1. The summed E-state index contributed by atoms with van der Waals surface area (Å²) in [5, 5.41) is 1.54. The Bertz CT molecular complexity index is 269. The van der Waals surface area contributed by atoms with Crippen molar-refractivity contribution in [2.45, 2.75) is 36.0 Å². The van der Waals surface area contributed by atoms with Gasteiger partial charge in [0.2, 0.25) is 0 Å². The van der Waals surface area contributed by atoms with Crippen LogP contribution in [0.1, 0.15) is 25.7 Å². The molecule has 1 aliphatic carbocycles. The number of thioether (sulfide) groups is 1. The van der Waals surface area contributed by atoms with Gasteiger partial charge >= 0.3 is 0 Å². The predicted octanol–water partition coefficient (Wildman–Crippen LogP) is 2.88. The molecule has 1 aliphatic rings. The Morgan fingerprint density at radius 3 is 2.77 bits per heavy atom. The standard InChI is InChI=1S/C10H12O2S/c11-8-3-5-9(6-4-8)13-10-2-1-7-12-10/h1-2,7,9H,3-6H2. The van der Waals surface area contributed by atoms with Crippen LogP contribution in [0, 0.1) is 0 Å². The van der Waals surface area contributed by atoms with Crippen LogP contribution in [0.2, 0.25) is 0 Å². The zero-order chi connectivity index (χ0) is 9.10. The normalized spacial score (nSPS) is 19.2. The maximum atomic E-state index is 11.0. The second kappa shape index (κ2) is 4.01. The van der Waals surface area contributed by atoms with Gasteiger partial charge in [0, 0.05) is 18.1 Å². The molecule has 0 atom stereocenters. The van der Waals surface area contributed by atoms with Crippen LogP contribution in [0.3, 0.4) is 0 Å². The molecule has 2 nitrogen and oxygen atoms in total. The van der Waals surface area contributed by atoms with Crippen molar-refractivity contribution in [1.29, 1.82) is 0 Å². The van der Waals surface area contributed by atoms with Gasteiger partial charge in [-0.15, -0.1) is 0 Å². The van der Waals surface area contributed by atoms with Crippen molar-refractivity contribution in [3.8, 4) is 0 Å². The van der Waals surface area contributed by atoms with Gasteiger partial charge in [-0.25, -0.2) is 0 Å². The molecular weight excluding hydrogens is 184 g/mol. The van der Waals surface area contributed by atoms with Crippen LogP contribution in [0.5, 0.6) is 0 Å². The van der Waals surface area contributed by atoms with E-state index in [0.717, 1.165) is 30.8 Å². The molecule has 0 unspecified atom stereocenters. The van der Waals surface area contributed by atoms with Crippen molar-refractivity contribution in [3.05, 3.63) is 18.4 Å². The van der Waals surface area contributed by atoms with E-state index in [2.05, 4.69) is 0 Å². The fourth-order valence-corrected chi connectivity index (χ4v) is 2.59.